The third-order valence-electron chi connectivity index (χ3n) is 3.99. The predicted molar refractivity (Wildman–Crippen MR) is 74.4 cm³/mol. The molecule has 1 unspecified atom stereocenters. The fourth-order valence-electron chi connectivity index (χ4n) is 2.93. The fourth-order valence-corrected chi connectivity index (χ4v) is 2.93. The summed E-state index contributed by atoms with van der Waals surface area (Å²) < 4.78 is 5.75. The van der Waals surface area contributed by atoms with E-state index in [-0.39, 0.29) is 0 Å². The fraction of sp³-hybridized carbons (Fsp3) is 0.467. The van der Waals surface area contributed by atoms with Crippen molar-refractivity contribution in [3.63, 3.8) is 0 Å². The molecule has 0 amide bonds. The summed E-state index contributed by atoms with van der Waals surface area (Å²) in [4.78, 5) is 12.6. The van der Waals surface area contributed by atoms with Crippen LogP contribution >= 0.6 is 0 Å². The van der Waals surface area contributed by atoms with E-state index in [9.17, 15) is 4.91 Å². The van der Waals surface area contributed by atoms with Gasteiger partial charge in [-0.25, -0.2) is 0 Å². The maximum Gasteiger partial charge on any atom is 0.142 e. The first-order chi connectivity index (χ1) is 9.35. The standard InChI is InChI=1S/C15H18N2O2/c18-16-14-4-6-15(7-5-14)19-11-17-9-8-12-2-1-3-13(12)10-17/h4-8,13H,1-3,9-11H2. The average Bonchev–Trinajstić information content (AvgIpc) is 2.93. The van der Waals surface area contributed by atoms with E-state index < -0.39 is 0 Å². The lowest BCUT2D eigenvalue weighted by molar-refractivity contribution is 0.120. The Kier molecular flexibility index (Phi) is 3.60. The van der Waals surface area contributed by atoms with Crippen molar-refractivity contribution in [3.8, 4) is 5.75 Å². The van der Waals surface area contributed by atoms with Crippen molar-refractivity contribution < 1.29 is 4.74 Å². The molecule has 1 fully saturated rings. The lowest BCUT2D eigenvalue weighted by Gasteiger charge is -2.29. The lowest BCUT2D eigenvalue weighted by atomic mass is 9.99. The number of hydrogen-bond acceptors (Lipinski definition) is 4. The second-order valence-corrected chi connectivity index (χ2v) is 5.26. The van der Waals surface area contributed by atoms with Gasteiger partial charge in [0.2, 0.25) is 0 Å². The number of benzene rings is 1. The molecule has 1 aliphatic carbocycles. The Labute approximate surface area is 113 Å². The smallest absolute Gasteiger partial charge is 0.142 e. The molecule has 1 aromatic rings. The number of hydrogen-bond donors (Lipinski definition) is 0. The topological polar surface area (TPSA) is 41.9 Å². The van der Waals surface area contributed by atoms with Gasteiger partial charge in [0.15, 0.2) is 0 Å². The van der Waals surface area contributed by atoms with Gasteiger partial charge in [-0.3, -0.25) is 4.90 Å². The maximum absolute atomic E-state index is 10.3. The van der Waals surface area contributed by atoms with Gasteiger partial charge in [-0.15, -0.1) is 4.91 Å². The molecule has 0 bridgehead atoms. The van der Waals surface area contributed by atoms with Crippen molar-refractivity contribution >= 4 is 5.69 Å². The van der Waals surface area contributed by atoms with Crippen molar-refractivity contribution in [2.45, 2.75) is 19.3 Å². The van der Waals surface area contributed by atoms with Crippen LogP contribution in [0.4, 0.5) is 5.69 Å². The number of ether oxygens (including phenoxy) is 1. The van der Waals surface area contributed by atoms with E-state index in [0.29, 0.717) is 12.4 Å². The highest BCUT2D eigenvalue weighted by molar-refractivity contribution is 5.40. The van der Waals surface area contributed by atoms with Gasteiger partial charge in [0.25, 0.3) is 0 Å². The zero-order valence-electron chi connectivity index (χ0n) is 10.9. The van der Waals surface area contributed by atoms with Crippen molar-refractivity contribution in [2.24, 2.45) is 11.1 Å². The van der Waals surface area contributed by atoms with Gasteiger partial charge < -0.3 is 4.74 Å². The van der Waals surface area contributed by atoms with E-state index in [0.717, 1.165) is 24.8 Å². The highest BCUT2D eigenvalue weighted by Gasteiger charge is 2.26. The summed E-state index contributed by atoms with van der Waals surface area (Å²) in [5.41, 5.74) is 2.08. The summed E-state index contributed by atoms with van der Waals surface area (Å²) in [6, 6.07) is 6.93. The molecule has 1 aliphatic heterocycles. The molecule has 100 valence electrons. The molecular weight excluding hydrogens is 240 g/mol. The van der Waals surface area contributed by atoms with Crippen LogP contribution in [0.15, 0.2) is 41.1 Å². The van der Waals surface area contributed by atoms with Crippen molar-refractivity contribution in [1.29, 1.82) is 0 Å². The molecule has 0 saturated heterocycles. The highest BCUT2D eigenvalue weighted by Crippen LogP contribution is 2.33. The minimum Gasteiger partial charge on any atom is -0.478 e. The van der Waals surface area contributed by atoms with Gasteiger partial charge >= 0.3 is 0 Å². The molecule has 4 nitrogen and oxygen atoms in total. The Morgan fingerprint density at radius 2 is 2.16 bits per heavy atom. The van der Waals surface area contributed by atoms with Crippen LogP contribution in [0.2, 0.25) is 0 Å². The molecule has 19 heavy (non-hydrogen) atoms. The van der Waals surface area contributed by atoms with Gasteiger partial charge in [-0.2, -0.15) is 0 Å². The van der Waals surface area contributed by atoms with Crippen molar-refractivity contribution in [2.75, 3.05) is 19.8 Å². The monoisotopic (exact) mass is 258 g/mol. The number of nitrogens with zero attached hydrogens (tertiary/aromatic N) is 2. The van der Waals surface area contributed by atoms with Gasteiger partial charge in [-0.1, -0.05) is 11.6 Å². The first-order valence-electron chi connectivity index (χ1n) is 6.82. The molecule has 3 rings (SSSR count). The third-order valence-corrected chi connectivity index (χ3v) is 3.99. The lowest BCUT2D eigenvalue weighted by Crippen LogP contribution is -2.36. The van der Waals surface area contributed by atoms with Crippen LogP contribution in [0.1, 0.15) is 19.3 Å². The SMILES string of the molecule is O=Nc1ccc(OCN2CC=C3CCCC3C2)cc1. The molecular formula is C15H18N2O2. The molecule has 0 aromatic heterocycles. The van der Waals surface area contributed by atoms with E-state index in [4.69, 9.17) is 4.74 Å². The zero-order chi connectivity index (χ0) is 13.1. The Morgan fingerprint density at radius 1 is 1.32 bits per heavy atom. The molecule has 1 aromatic carbocycles. The van der Waals surface area contributed by atoms with Crippen molar-refractivity contribution in [1.82, 2.24) is 4.90 Å². The second-order valence-electron chi connectivity index (χ2n) is 5.26. The molecule has 1 heterocycles. The minimum absolute atomic E-state index is 0.434. The summed E-state index contributed by atoms with van der Waals surface area (Å²) in [6.45, 7) is 2.70. The van der Waals surface area contributed by atoms with E-state index in [1.165, 1.54) is 19.3 Å². The third kappa shape index (κ3) is 2.84. The highest BCUT2D eigenvalue weighted by atomic mass is 16.5. The molecule has 4 heteroatoms. The Balaban J connectivity index is 1.53. The first kappa shape index (κ1) is 12.4. The van der Waals surface area contributed by atoms with Crippen LogP contribution in [-0.2, 0) is 0 Å². The maximum atomic E-state index is 10.3. The largest absolute Gasteiger partial charge is 0.478 e. The second kappa shape index (κ2) is 5.53. The molecule has 0 spiro atoms. The normalized spacial score (nSPS) is 22.7. The molecule has 2 aliphatic rings. The van der Waals surface area contributed by atoms with Gasteiger partial charge in [0.1, 0.15) is 18.2 Å². The summed E-state index contributed by atoms with van der Waals surface area (Å²) in [6.07, 6.45) is 6.32. The van der Waals surface area contributed by atoms with Crippen LogP contribution in [0.5, 0.6) is 5.75 Å². The minimum atomic E-state index is 0.434. The first-order valence-corrected chi connectivity index (χ1v) is 6.82. The Hall–Kier alpha value is -1.68. The molecule has 1 saturated carbocycles. The van der Waals surface area contributed by atoms with E-state index in [1.54, 1.807) is 29.8 Å². The number of rotatable bonds is 4. The predicted octanol–water partition coefficient (Wildman–Crippen LogP) is 3.46. The van der Waals surface area contributed by atoms with Gasteiger partial charge in [-0.05, 0) is 54.6 Å². The van der Waals surface area contributed by atoms with Crippen LogP contribution < -0.4 is 4.74 Å². The summed E-state index contributed by atoms with van der Waals surface area (Å²) in [7, 11) is 0. The van der Waals surface area contributed by atoms with E-state index >= 15 is 0 Å². The zero-order valence-corrected chi connectivity index (χ0v) is 10.9. The van der Waals surface area contributed by atoms with Gasteiger partial charge in [0, 0.05) is 13.1 Å². The van der Waals surface area contributed by atoms with Crippen molar-refractivity contribution in [3.05, 3.63) is 40.8 Å². The van der Waals surface area contributed by atoms with E-state index in [2.05, 4.69) is 16.2 Å². The van der Waals surface area contributed by atoms with Crippen LogP contribution in [0, 0.1) is 10.8 Å². The molecule has 0 radical (unpaired) electrons. The van der Waals surface area contributed by atoms with Crippen LogP contribution in [-0.4, -0.2) is 24.7 Å². The quantitative estimate of drug-likeness (QED) is 0.613. The van der Waals surface area contributed by atoms with Gasteiger partial charge in [0.05, 0.1) is 0 Å². The number of nitroso groups, excluding NO2 is 1. The molecule has 0 N–H and O–H groups in total. The van der Waals surface area contributed by atoms with Crippen LogP contribution in [0.3, 0.4) is 0 Å². The van der Waals surface area contributed by atoms with Crippen LogP contribution in [0.25, 0.3) is 0 Å². The summed E-state index contributed by atoms with van der Waals surface area (Å²) in [5, 5.41) is 2.87. The van der Waals surface area contributed by atoms with E-state index in [1.807, 2.05) is 0 Å². The Bertz CT molecular complexity index is 481. The Morgan fingerprint density at radius 3 is 2.95 bits per heavy atom. The molecule has 1 atom stereocenters. The summed E-state index contributed by atoms with van der Waals surface area (Å²) in [5.74, 6) is 1.53. The number of fused-ring (bicyclic) bond motifs is 1. The summed E-state index contributed by atoms with van der Waals surface area (Å²) >= 11 is 0. The average molecular weight is 258 g/mol.